The summed E-state index contributed by atoms with van der Waals surface area (Å²) in [6.07, 6.45) is 6.25. The van der Waals surface area contributed by atoms with Crippen molar-refractivity contribution < 1.29 is 9.90 Å². The molecule has 1 aliphatic rings. The van der Waals surface area contributed by atoms with Gasteiger partial charge in [-0.3, -0.25) is 0 Å². The number of fused-ring (bicyclic) bond motifs is 1. The number of nitrogens with zero attached hydrogens (tertiary/aromatic N) is 5. The molecule has 7 nitrogen and oxygen atoms in total. The van der Waals surface area contributed by atoms with E-state index in [4.69, 9.17) is 5.10 Å². The Labute approximate surface area is 170 Å². The summed E-state index contributed by atoms with van der Waals surface area (Å²) in [6, 6.07) is 5.87. The van der Waals surface area contributed by atoms with Crippen LogP contribution in [-0.4, -0.2) is 44.9 Å². The third-order valence-corrected chi connectivity index (χ3v) is 5.64. The number of aromatic carboxylic acids is 1. The largest absolute Gasteiger partial charge is 0.477 e. The van der Waals surface area contributed by atoms with Crippen LogP contribution in [0.5, 0.6) is 0 Å². The monoisotopic (exact) mass is 393 g/mol. The predicted molar refractivity (Wildman–Crippen MR) is 114 cm³/mol. The number of carbonyl (C=O) groups is 1. The van der Waals surface area contributed by atoms with E-state index in [-0.39, 0.29) is 17.7 Å². The molecular formula is C22H27N5O2. The normalized spacial score (nSPS) is 14.8. The molecule has 0 aromatic carbocycles. The van der Waals surface area contributed by atoms with Crippen molar-refractivity contribution >= 4 is 22.8 Å². The summed E-state index contributed by atoms with van der Waals surface area (Å²) in [5.41, 5.74) is 3.38. The third kappa shape index (κ3) is 3.45. The molecule has 3 heterocycles. The Bertz CT molecular complexity index is 1050. The fourth-order valence-electron chi connectivity index (χ4n) is 4.12. The number of carboxylic acids is 1. The molecule has 0 spiro atoms. The van der Waals surface area contributed by atoms with E-state index in [0.29, 0.717) is 5.65 Å². The average Bonchev–Trinajstić information content (AvgIpc) is 3.34. The van der Waals surface area contributed by atoms with Gasteiger partial charge >= 0.3 is 5.97 Å². The summed E-state index contributed by atoms with van der Waals surface area (Å²) in [5.74, 6) is 0.0184. The first kappa shape index (κ1) is 19.4. The molecular weight excluding hydrogens is 366 g/mol. The Morgan fingerprint density at radius 1 is 1.24 bits per heavy atom. The van der Waals surface area contributed by atoms with Crippen molar-refractivity contribution in [3.8, 4) is 11.1 Å². The number of pyridine rings is 2. The van der Waals surface area contributed by atoms with Gasteiger partial charge < -0.3 is 10.0 Å². The zero-order chi connectivity index (χ0) is 20.7. The molecule has 29 heavy (non-hydrogen) atoms. The molecule has 1 N–H and O–H groups in total. The minimum Gasteiger partial charge on any atom is -0.477 e. The lowest BCUT2D eigenvalue weighted by atomic mass is 9.98. The molecule has 3 aromatic rings. The van der Waals surface area contributed by atoms with E-state index in [9.17, 15) is 9.90 Å². The highest BCUT2D eigenvalue weighted by atomic mass is 16.4. The number of hydrogen-bond donors (Lipinski definition) is 1. The lowest BCUT2D eigenvalue weighted by molar-refractivity contribution is 0.0691. The van der Waals surface area contributed by atoms with Crippen LogP contribution in [0.2, 0.25) is 0 Å². The molecule has 0 atom stereocenters. The van der Waals surface area contributed by atoms with Crippen LogP contribution in [0.3, 0.4) is 0 Å². The first-order chi connectivity index (χ1) is 13.9. The summed E-state index contributed by atoms with van der Waals surface area (Å²) in [5, 5.41) is 15.6. The smallest absolute Gasteiger partial charge is 0.354 e. The van der Waals surface area contributed by atoms with E-state index in [1.54, 1.807) is 12.3 Å². The number of aromatic nitrogens is 4. The SMILES string of the molecule is CC(C)c1nn(C2CCCC2)c2nc(C(=O)O)cc(-c3ccc(N(C)C)nc3)c12. The Balaban J connectivity index is 2.00. The summed E-state index contributed by atoms with van der Waals surface area (Å²) in [4.78, 5) is 22.8. The standard InChI is InChI=1S/C22H27N5O2/c1-13(2)20-19-16(14-9-10-18(23-12-14)26(3)4)11-17(22(28)29)24-21(19)27(25-20)15-7-5-6-8-15/h9-13,15H,5-8H2,1-4H3,(H,28,29). The van der Waals surface area contributed by atoms with Crippen LogP contribution >= 0.6 is 0 Å². The maximum atomic E-state index is 11.8. The van der Waals surface area contributed by atoms with E-state index in [2.05, 4.69) is 23.8 Å². The van der Waals surface area contributed by atoms with Crippen molar-refractivity contribution in [3.05, 3.63) is 35.8 Å². The van der Waals surface area contributed by atoms with E-state index >= 15 is 0 Å². The summed E-state index contributed by atoms with van der Waals surface area (Å²) in [7, 11) is 3.88. The van der Waals surface area contributed by atoms with Crippen molar-refractivity contribution in [3.63, 3.8) is 0 Å². The minimum atomic E-state index is -1.03. The number of rotatable bonds is 5. The van der Waals surface area contributed by atoms with Crippen molar-refractivity contribution in [2.24, 2.45) is 0 Å². The van der Waals surface area contributed by atoms with Crippen LogP contribution in [0.15, 0.2) is 24.4 Å². The first-order valence-corrected chi connectivity index (χ1v) is 10.2. The molecule has 3 aromatic heterocycles. The van der Waals surface area contributed by atoms with Crippen LogP contribution in [-0.2, 0) is 0 Å². The molecule has 7 heteroatoms. The second-order valence-electron chi connectivity index (χ2n) is 8.28. The average molecular weight is 393 g/mol. The van der Waals surface area contributed by atoms with E-state index in [1.807, 2.05) is 35.8 Å². The highest BCUT2D eigenvalue weighted by Crippen LogP contribution is 2.38. The minimum absolute atomic E-state index is 0.0404. The Morgan fingerprint density at radius 2 is 1.97 bits per heavy atom. The van der Waals surface area contributed by atoms with Gasteiger partial charge in [-0.05, 0) is 42.5 Å². The summed E-state index contributed by atoms with van der Waals surface area (Å²) in [6.45, 7) is 4.23. The highest BCUT2D eigenvalue weighted by molar-refractivity contribution is 5.99. The predicted octanol–water partition coefficient (Wildman–Crippen LogP) is 4.50. The highest BCUT2D eigenvalue weighted by Gasteiger charge is 2.27. The van der Waals surface area contributed by atoms with Crippen LogP contribution in [0.25, 0.3) is 22.2 Å². The lowest BCUT2D eigenvalue weighted by Crippen LogP contribution is -2.10. The van der Waals surface area contributed by atoms with E-state index in [1.165, 1.54) is 12.8 Å². The van der Waals surface area contributed by atoms with Crippen molar-refractivity contribution in [1.82, 2.24) is 19.7 Å². The first-order valence-electron chi connectivity index (χ1n) is 10.2. The van der Waals surface area contributed by atoms with E-state index < -0.39 is 5.97 Å². The maximum Gasteiger partial charge on any atom is 0.354 e. The zero-order valence-corrected chi connectivity index (χ0v) is 17.4. The number of hydrogen-bond acceptors (Lipinski definition) is 5. The van der Waals surface area contributed by atoms with Crippen LogP contribution < -0.4 is 4.90 Å². The third-order valence-electron chi connectivity index (χ3n) is 5.64. The van der Waals surface area contributed by atoms with Gasteiger partial charge in [0.25, 0.3) is 0 Å². The molecule has 152 valence electrons. The molecule has 0 aliphatic heterocycles. The van der Waals surface area contributed by atoms with Crippen LogP contribution in [0.4, 0.5) is 5.82 Å². The zero-order valence-electron chi connectivity index (χ0n) is 17.4. The fourth-order valence-corrected chi connectivity index (χ4v) is 4.12. The van der Waals surface area contributed by atoms with Gasteiger partial charge in [-0.15, -0.1) is 0 Å². The molecule has 0 unspecified atom stereocenters. The molecule has 0 amide bonds. The molecule has 1 fully saturated rings. The Hall–Kier alpha value is -2.96. The van der Waals surface area contributed by atoms with E-state index in [0.717, 1.165) is 40.9 Å². The van der Waals surface area contributed by atoms with Gasteiger partial charge in [0, 0.05) is 25.9 Å². The van der Waals surface area contributed by atoms with Crippen LogP contribution in [0, 0.1) is 0 Å². The van der Waals surface area contributed by atoms with Gasteiger partial charge in [-0.1, -0.05) is 26.7 Å². The van der Waals surface area contributed by atoms with Gasteiger partial charge in [-0.2, -0.15) is 5.10 Å². The number of carboxylic acid groups (broad SMARTS) is 1. The number of anilines is 1. The molecule has 1 saturated carbocycles. The topological polar surface area (TPSA) is 84.1 Å². The van der Waals surface area contributed by atoms with Gasteiger partial charge in [0.05, 0.1) is 17.1 Å². The summed E-state index contributed by atoms with van der Waals surface area (Å²) < 4.78 is 1.98. The quantitative estimate of drug-likeness (QED) is 0.687. The van der Waals surface area contributed by atoms with Gasteiger partial charge in [0.15, 0.2) is 11.3 Å². The second kappa shape index (κ2) is 7.46. The van der Waals surface area contributed by atoms with Gasteiger partial charge in [0.2, 0.25) is 0 Å². The Morgan fingerprint density at radius 3 is 2.52 bits per heavy atom. The molecule has 0 saturated heterocycles. The molecule has 4 rings (SSSR count). The van der Waals surface area contributed by atoms with Crippen molar-refractivity contribution in [2.45, 2.75) is 51.5 Å². The van der Waals surface area contributed by atoms with Gasteiger partial charge in [-0.25, -0.2) is 19.4 Å². The lowest BCUT2D eigenvalue weighted by Gasteiger charge is -2.13. The Kier molecular flexibility index (Phi) is 4.98. The summed E-state index contributed by atoms with van der Waals surface area (Å²) >= 11 is 0. The van der Waals surface area contributed by atoms with Gasteiger partial charge in [0.1, 0.15) is 5.82 Å². The fraction of sp³-hybridized carbons (Fsp3) is 0.455. The molecule has 1 aliphatic carbocycles. The van der Waals surface area contributed by atoms with Crippen molar-refractivity contribution in [2.75, 3.05) is 19.0 Å². The van der Waals surface area contributed by atoms with Crippen LogP contribution in [0.1, 0.15) is 67.7 Å². The molecule has 0 radical (unpaired) electrons. The van der Waals surface area contributed by atoms with Crippen molar-refractivity contribution in [1.29, 1.82) is 0 Å². The maximum absolute atomic E-state index is 11.8. The second-order valence-corrected chi connectivity index (χ2v) is 8.28. The molecule has 0 bridgehead atoms.